The molecule has 2 atom stereocenters. The maximum atomic E-state index is 12.5. The third kappa shape index (κ3) is 5.52. The molecular formula is C25H33N3O2. The molecule has 0 saturated carbocycles. The summed E-state index contributed by atoms with van der Waals surface area (Å²) in [6.45, 7) is 8.81. The van der Waals surface area contributed by atoms with Gasteiger partial charge in [-0.15, -0.1) is 6.42 Å². The fourth-order valence-electron chi connectivity index (χ4n) is 4.04. The molecule has 1 aromatic carbocycles. The second kappa shape index (κ2) is 9.49. The Kier molecular flexibility index (Phi) is 6.99. The van der Waals surface area contributed by atoms with E-state index in [0.29, 0.717) is 24.8 Å². The summed E-state index contributed by atoms with van der Waals surface area (Å²) in [4.78, 5) is 14.1. The van der Waals surface area contributed by atoms with Crippen LogP contribution in [0.4, 0.5) is 0 Å². The number of aromatic nitrogens is 1. The summed E-state index contributed by atoms with van der Waals surface area (Å²) in [7, 11) is 1.77. The molecule has 2 aromatic rings. The predicted octanol–water partition coefficient (Wildman–Crippen LogP) is 3.89. The molecule has 0 radical (unpaired) electrons. The Labute approximate surface area is 180 Å². The summed E-state index contributed by atoms with van der Waals surface area (Å²) in [5.41, 5.74) is 3.39. The van der Waals surface area contributed by atoms with Crippen molar-refractivity contribution in [1.82, 2.24) is 15.4 Å². The van der Waals surface area contributed by atoms with E-state index in [1.54, 1.807) is 11.9 Å². The predicted molar refractivity (Wildman–Crippen MR) is 120 cm³/mol. The van der Waals surface area contributed by atoms with Crippen LogP contribution >= 0.6 is 0 Å². The number of nitrogens with one attached hydrogen (secondary N) is 1. The standard InChI is InChI=1S/C25H33N3O2/c1-6-13-28(5)24(29)15-19-11-12-26-17-20(19)14-22-16-23(30-27-22)18-7-9-21(10-8-18)25(2,3)4/h1,7-10,16,19-20,26H,11-15,17H2,2-5H3/t19-,20-/m0/s1. The van der Waals surface area contributed by atoms with Crippen LogP contribution in [0, 0.1) is 24.2 Å². The first-order chi connectivity index (χ1) is 14.3. The molecule has 3 rings (SSSR count). The Morgan fingerprint density at radius 1 is 1.30 bits per heavy atom. The molecule has 1 aromatic heterocycles. The second-order valence-electron chi connectivity index (χ2n) is 9.38. The lowest BCUT2D eigenvalue weighted by molar-refractivity contribution is -0.131. The van der Waals surface area contributed by atoms with Crippen molar-refractivity contribution in [2.24, 2.45) is 11.8 Å². The van der Waals surface area contributed by atoms with E-state index >= 15 is 0 Å². The van der Waals surface area contributed by atoms with Crippen LogP contribution in [-0.4, -0.2) is 42.6 Å². The maximum Gasteiger partial charge on any atom is 0.223 e. The Bertz CT molecular complexity index is 886. The smallest absolute Gasteiger partial charge is 0.223 e. The normalized spacial score (nSPS) is 19.3. The second-order valence-corrected chi connectivity index (χ2v) is 9.38. The number of rotatable bonds is 6. The molecule has 0 bridgehead atoms. The Morgan fingerprint density at radius 3 is 2.70 bits per heavy atom. The van der Waals surface area contributed by atoms with Gasteiger partial charge in [-0.1, -0.05) is 56.1 Å². The molecule has 1 amide bonds. The molecule has 30 heavy (non-hydrogen) atoms. The van der Waals surface area contributed by atoms with Crippen molar-refractivity contribution in [1.29, 1.82) is 0 Å². The average molecular weight is 408 g/mol. The summed E-state index contributed by atoms with van der Waals surface area (Å²) in [6.07, 6.45) is 7.65. The van der Waals surface area contributed by atoms with Gasteiger partial charge >= 0.3 is 0 Å². The number of carbonyl (C=O) groups is 1. The van der Waals surface area contributed by atoms with Crippen molar-refractivity contribution >= 4 is 5.91 Å². The highest BCUT2D eigenvalue weighted by Gasteiger charge is 2.29. The molecule has 5 nitrogen and oxygen atoms in total. The van der Waals surface area contributed by atoms with E-state index in [1.165, 1.54) is 5.56 Å². The van der Waals surface area contributed by atoms with E-state index in [9.17, 15) is 4.79 Å². The molecule has 0 unspecified atom stereocenters. The molecule has 5 heteroatoms. The zero-order valence-corrected chi connectivity index (χ0v) is 18.6. The van der Waals surface area contributed by atoms with Crippen LogP contribution in [0.2, 0.25) is 0 Å². The van der Waals surface area contributed by atoms with E-state index in [1.807, 2.05) is 6.07 Å². The van der Waals surface area contributed by atoms with Crippen molar-refractivity contribution in [2.45, 2.75) is 45.4 Å². The van der Waals surface area contributed by atoms with Crippen LogP contribution in [-0.2, 0) is 16.6 Å². The molecule has 1 aliphatic rings. The van der Waals surface area contributed by atoms with Gasteiger partial charge in [0.25, 0.3) is 0 Å². The third-order valence-corrected chi connectivity index (χ3v) is 6.02. The Morgan fingerprint density at radius 2 is 2.03 bits per heavy atom. The molecule has 1 saturated heterocycles. The van der Waals surface area contributed by atoms with Crippen molar-refractivity contribution in [3.05, 3.63) is 41.6 Å². The van der Waals surface area contributed by atoms with Gasteiger partial charge in [0.05, 0.1) is 12.2 Å². The molecule has 0 aliphatic carbocycles. The van der Waals surface area contributed by atoms with Crippen LogP contribution in [0.15, 0.2) is 34.9 Å². The van der Waals surface area contributed by atoms with E-state index in [0.717, 1.165) is 42.9 Å². The maximum absolute atomic E-state index is 12.5. The van der Waals surface area contributed by atoms with Crippen LogP contribution in [0.5, 0.6) is 0 Å². The highest BCUT2D eigenvalue weighted by molar-refractivity contribution is 5.76. The van der Waals surface area contributed by atoms with Crippen LogP contribution in [0.25, 0.3) is 11.3 Å². The minimum Gasteiger partial charge on any atom is -0.356 e. The van der Waals surface area contributed by atoms with E-state index in [-0.39, 0.29) is 11.3 Å². The van der Waals surface area contributed by atoms with Crippen LogP contribution in [0.3, 0.4) is 0 Å². The number of nitrogens with zero attached hydrogens (tertiary/aromatic N) is 2. The van der Waals surface area contributed by atoms with Crippen LogP contribution < -0.4 is 5.32 Å². The quantitative estimate of drug-likeness (QED) is 0.738. The number of benzene rings is 1. The molecular weight excluding hydrogens is 374 g/mol. The van der Waals surface area contributed by atoms with Gasteiger partial charge in [-0.05, 0) is 48.7 Å². The summed E-state index contributed by atoms with van der Waals surface area (Å²) in [5, 5.41) is 7.77. The highest BCUT2D eigenvalue weighted by Crippen LogP contribution is 2.29. The summed E-state index contributed by atoms with van der Waals surface area (Å²) in [5.74, 6) is 4.11. The highest BCUT2D eigenvalue weighted by atomic mass is 16.5. The van der Waals surface area contributed by atoms with Gasteiger partial charge in [0.15, 0.2) is 5.76 Å². The van der Waals surface area contributed by atoms with E-state index < -0.39 is 0 Å². The van der Waals surface area contributed by atoms with Gasteiger partial charge in [0, 0.05) is 25.1 Å². The van der Waals surface area contributed by atoms with Gasteiger partial charge in [-0.2, -0.15) is 0 Å². The van der Waals surface area contributed by atoms with Gasteiger partial charge < -0.3 is 14.7 Å². The zero-order chi connectivity index (χ0) is 21.7. The molecule has 0 spiro atoms. The first-order valence-electron chi connectivity index (χ1n) is 10.7. The number of terminal acetylenes is 1. The number of carbonyl (C=O) groups excluding carboxylic acids is 1. The number of amides is 1. The lowest BCUT2D eigenvalue weighted by Crippen LogP contribution is -2.40. The fraction of sp³-hybridized carbons (Fsp3) is 0.520. The molecule has 1 aliphatic heterocycles. The minimum atomic E-state index is 0.115. The van der Waals surface area contributed by atoms with Gasteiger partial charge in [-0.25, -0.2) is 0 Å². The number of hydrogen-bond acceptors (Lipinski definition) is 4. The van der Waals surface area contributed by atoms with Crippen LogP contribution in [0.1, 0.15) is 44.9 Å². The SMILES string of the molecule is C#CCN(C)C(=O)C[C@@H]1CCNC[C@@H]1Cc1cc(-c2ccc(C(C)(C)C)cc2)on1. The van der Waals surface area contributed by atoms with Gasteiger partial charge in [0.1, 0.15) is 0 Å². The van der Waals surface area contributed by atoms with Gasteiger partial charge in [0.2, 0.25) is 5.91 Å². The van der Waals surface area contributed by atoms with Crippen molar-refractivity contribution in [2.75, 3.05) is 26.7 Å². The summed E-state index contributed by atoms with van der Waals surface area (Å²) >= 11 is 0. The summed E-state index contributed by atoms with van der Waals surface area (Å²) < 4.78 is 5.64. The average Bonchev–Trinajstić information content (AvgIpc) is 3.17. The van der Waals surface area contributed by atoms with E-state index in [2.05, 4.69) is 61.4 Å². The van der Waals surface area contributed by atoms with Crippen molar-refractivity contribution < 1.29 is 9.32 Å². The first-order valence-corrected chi connectivity index (χ1v) is 10.7. The largest absolute Gasteiger partial charge is 0.356 e. The van der Waals surface area contributed by atoms with Crippen molar-refractivity contribution in [3.8, 4) is 23.7 Å². The monoisotopic (exact) mass is 407 g/mol. The van der Waals surface area contributed by atoms with Gasteiger partial charge in [-0.3, -0.25) is 4.79 Å². The fourth-order valence-corrected chi connectivity index (χ4v) is 4.04. The topological polar surface area (TPSA) is 58.4 Å². The zero-order valence-electron chi connectivity index (χ0n) is 18.6. The summed E-state index contributed by atoms with van der Waals surface area (Å²) in [6, 6.07) is 10.5. The molecule has 1 fully saturated rings. The third-order valence-electron chi connectivity index (χ3n) is 6.02. The van der Waals surface area contributed by atoms with E-state index in [4.69, 9.17) is 10.9 Å². The molecule has 2 heterocycles. The number of hydrogen-bond donors (Lipinski definition) is 1. The Hall–Kier alpha value is -2.58. The Balaban J connectivity index is 1.66. The number of piperidine rings is 1. The lowest BCUT2D eigenvalue weighted by Gasteiger charge is -2.32. The molecule has 160 valence electrons. The first kappa shape index (κ1) is 22.1. The molecule has 1 N–H and O–H groups in total. The lowest BCUT2D eigenvalue weighted by atomic mass is 9.81. The minimum absolute atomic E-state index is 0.115. The van der Waals surface area contributed by atoms with Crippen molar-refractivity contribution in [3.63, 3.8) is 0 Å².